The molecule has 6 fully saturated rings. The summed E-state index contributed by atoms with van der Waals surface area (Å²) in [7, 11) is -5.58. The van der Waals surface area contributed by atoms with Gasteiger partial charge >= 0.3 is 13.8 Å². The molecule has 0 spiro atoms. The van der Waals surface area contributed by atoms with Crippen LogP contribution >= 0.6 is 7.82 Å². The molecule has 40 nitrogen and oxygen atoms in total. The summed E-state index contributed by atoms with van der Waals surface area (Å²) < 4.78 is 87.5. The molecule has 6 rings (SSSR count). The molecule has 41 heteroatoms. The third kappa shape index (κ3) is 16.1. The number of aliphatic hydroxyl groups excluding tert-OH is 19. The molecule has 0 saturated carbocycles. The van der Waals surface area contributed by atoms with E-state index in [9.17, 15) is 126 Å². The van der Waals surface area contributed by atoms with Crippen molar-refractivity contribution in [1.82, 2.24) is 5.32 Å². The number of hydrogen-bond donors (Lipinski definition) is 24. The number of carboxylic acid groups (broad SMARTS) is 1. The summed E-state index contributed by atoms with van der Waals surface area (Å²) in [5.41, 5.74) is 5.45. The standard InChI is InChI=1S/C44H77N2O38P/c1-11(53)46-19-22(60)20(58)16(8-50)73-38(19)82-37-35(84-85(70,71)72-3-2-45)27(65)29(13(55)5-47)76-42(37)81-36-28(66)34(31(14(56)6-48)78-41(36)77-30-12(54)4-44(69,43(67)68)83-32(30)15(57)7-49)80-40-26(64)24(62)33(18(10-52)75-40)79-39-25(63)23(61)21(59)17(9-51)74-39/h12-42,47-52,54-66,69H,2-10,45H2,1H3,(H,46,53)(H,67,68)(H,70,71)/t12-,13+,14+,15-,16-,17-,18-,19-,20-,21+,22-,23+,24-,25-,26-,27-,28+,29-,30-,31-,32-,33-,34+,35+,36+,37+,38-,39+,40+,41+,42-,44-/m1/s1. The van der Waals surface area contributed by atoms with E-state index in [0.29, 0.717) is 0 Å². The number of aliphatic carboxylic acids is 1. The number of nitrogens with one attached hydrogen (secondary N) is 1. The lowest BCUT2D eigenvalue weighted by Gasteiger charge is -2.52. The Kier molecular flexibility index (Phi) is 26.0. The fraction of sp³-hybridized carbons (Fsp3) is 0.955. The van der Waals surface area contributed by atoms with E-state index in [2.05, 4.69) is 5.32 Å². The number of phosphoric acid groups is 1. The minimum atomic E-state index is -5.58. The van der Waals surface area contributed by atoms with Gasteiger partial charge in [0.05, 0.1) is 52.4 Å². The number of amides is 1. The van der Waals surface area contributed by atoms with Gasteiger partial charge in [0.2, 0.25) is 5.91 Å². The van der Waals surface area contributed by atoms with E-state index in [1.165, 1.54) is 0 Å². The van der Waals surface area contributed by atoms with Crippen molar-refractivity contribution < 1.29 is 187 Å². The van der Waals surface area contributed by atoms with Gasteiger partial charge in [0.15, 0.2) is 31.5 Å². The second-order valence-electron chi connectivity index (χ2n) is 20.6. The second kappa shape index (κ2) is 30.7. The number of carbonyl (C=O) groups excluding carboxylic acids is 1. The predicted octanol–water partition coefficient (Wildman–Crippen LogP) is -15.3. The first kappa shape index (κ1) is 71.8. The third-order valence-electron chi connectivity index (χ3n) is 14.7. The van der Waals surface area contributed by atoms with Crippen molar-refractivity contribution in [3.8, 4) is 0 Å². The molecule has 33 atom stereocenters. The Hall–Kier alpha value is -2.23. The molecule has 496 valence electrons. The molecule has 0 radical (unpaired) electrons. The van der Waals surface area contributed by atoms with Crippen molar-refractivity contribution in [3.63, 3.8) is 0 Å². The third-order valence-corrected chi connectivity index (χ3v) is 15.7. The molecule has 6 aliphatic heterocycles. The van der Waals surface area contributed by atoms with Crippen molar-refractivity contribution in [3.05, 3.63) is 0 Å². The molecule has 6 saturated heterocycles. The number of nitrogens with two attached hydrogens (primary N) is 1. The van der Waals surface area contributed by atoms with Gasteiger partial charge in [0.1, 0.15) is 153 Å². The zero-order chi connectivity index (χ0) is 63.3. The Morgan fingerprint density at radius 1 is 0.553 bits per heavy atom. The first-order valence-electron chi connectivity index (χ1n) is 26.3. The maximum Gasteiger partial charge on any atom is 0.472 e. The average Bonchev–Trinajstić information content (AvgIpc) is 3.00. The maximum atomic E-state index is 13.6. The molecule has 0 aromatic heterocycles. The molecule has 1 amide bonds. The average molecular weight is 1270 g/mol. The van der Waals surface area contributed by atoms with Crippen LogP contribution in [0.5, 0.6) is 0 Å². The van der Waals surface area contributed by atoms with Crippen LogP contribution < -0.4 is 11.1 Å². The number of hydrogen-bond acceptors (Lipinski definition) is 37. The Bertz CT molecular complexity index is 2150. The van der Waals surface area contributed by atoms with Gasteiger partial charge in [-0.15, -0.1) is 0 Å². The summed E-state index contributed by atoms with van der Waals surface area (Å²) >= 11 is 0. The maximum absolute atomic E-state index is 13.6. The number of ether oxygens (including phenoxy) is 11. The molecule has 0 aromatic rings. The zero-order valence-electron chi connectivity index (χ0n) is 44.7. The van der Waals surface area contributed by atoms with Crippen molar-refractivity contribution in [2.45, 2.75) is 209 Å². The Labute approximate surface area is 479 Å². The topological polar surface area (TPSA) is 654 Å². The SMILES string of the molecule is CC(=O)N[C@H]1[C@@H](O[C@@H]2[C@@H](O[C@@H]3[C@@H](O[C@H]4[C@@H]([C@H](O)CO)O[C@@](O)(C(=O)O)C[C@H]4O)O[C@H]([C@@H](O)CO)[C@@H](O[C@@H]4O[C@H](CO)[C@@H](O[C@@H]5O[C@H](CO)[C@H](O)[C@H](O)[C@H]5O)[C@H](O)[C@H]4O)[C@@H]3O)O[C@H]([C@@H](O)CO)[C@@H](O)[C@@H]2OP(=O)(O)OCCN)O[C@H](CO)[C@@H](O)[C@@H]1O. The normalized spacial score (nSPS) is 46.4. The first-order chi connectivity index (χ1) is 40.0. The van der Waals surface area contributed by atoms with Gasteiger partial charge in [0, 0.05) is 19.9 Å². The van der Waals surface area contributed by atoms with Crippen LogP contribution in [-0.2, 0) is 75.3 Å². The van der Waals surface area contributed by atoms with E-state index in [1.54, 1.807) is 0 Å². The van der Waals surface area contributed by atoms with E-state index in [0.717, 1.165) is 6.92 Å². The van der Waals surface area contributed by atoms with Gasteiger partial charge in [0.25, 0.3) is 5.79 Å². The Morgan fingerprint density at radius 2 is 1.02 bits per heavy atom. The molecular formula is C44H77N2O38P. The largest absolute Gasteiger partial charge is 0.477 e. The fourth-order valence-electron chi connectivity index (χ4n) is 10.2. The number of aliphatic hydroxyl groups is 20. The fourth-order valence-corrected chi connectivity index (χ4v) is 11.2. The van der Waals surface area contributed by atoms with Crippen molar-refractivity contribution in [2.24, 2.45) is 5.73 Å². The summed E-state index contributed by atoms with van der Waals surface area (Å²) in [4.78, 5) is 35.6. The van der Waals surface area contributed by atoms with Gasteiger partial charge in [-0.2, -0.15) is 0 Å². The van der Waals surface area contributed by atoms with Crippen LogP contribution in [0.2, 0.25) is 0 Å². The summed E-state index contributed by atoms with van der Waals surface area (Å²) in [6, 6.07) is -1.93. The van der Waals surface area contributed by atoms with E-state index in [-0.39, 0.29) is 0 Å². The van der Waals surface area contributed by atoms with Gasteiger partial charge in [-0.05, 0) is 0 Å². The first-order valence-corrected chi connectivity index (χ1v) is 27.8. The Morgan fingerprint density at radius 3 is 1.58 bits per heavy atom. The highest BCUT2D eigenvalue weighted by molar-refractivity contribution is 7.47. The van der Waals surface area contributed by atoms with Gasteiger partial charge < -0.3 is 175 Å². The van der Waals surface area contributed by atoms with E-state index < -0.39 is 275 Å². The molecule has 1 unspecified atom stereocenters. The molecule has 6 heterocycles. The highest BCUT2D eigenvalue weighted by Gasteiger charge is 2.62. The van der Waals surface area contributed by atoms with E-state index in [4.69, 9.17) is 66.9 Å². The van der Waals surface area contributed by atoms with Crippen LogP contribution in [0.25, 0.3) is 0 Å². The van der Waals surface area contributed by atoms with E-state index >= 15 is 0 Å². The predicted molar refractivity (Wildman–Crippen MR) is 258 cm³/mol. The minimum Gasteiger partial charge on any atom is -0.477 e. The van der Waals surface area contributed by atoms with E-state index in [1.807, 2.05) is 0 Å². The van der Waals surface area contributed by atoms with Gasteiger partial charge in [-0.3, -0.25) is 13.8 Å². The number of carbonyl (C=O) groups is 2. The molecular weight excluding hydrogens is 1200 g/mol. The minimum absolute atomic E-state index is 0.444. The molecule has 6 aliphatic rings. The van der Waals surface area contributed by atoms with Crippen molar-refractivity contribution in [1.29, 1.82) is 0 Å². The van der Waals surface area contributed by atoms with Gasteiger partial charge in [-0.25, -0.2) is 9.36 Å². The van der Waals surface area contributed by atoms with Crippen LogP contribution in [0.4, 0.5) is 0 Å². The summed E-state index contributed by atoms with van der Waals surface area (Å²) in [5.74, 6) is -6.42. The molecule has 25 N–H and O–H groups in total. The molecule has 0 aliphatic carbocycles. The number of rotatable bonds is 26. The molecule has 85 heavy (non-hydrogen) atoms. The lowest BCUT2D eigenvalue weighted by molar-refractivity contribution is -0.416. The van der Waals surface area contributed by atoms with Crippen molar-refractivity contribution in [2.75, 3.05) is 52.8 Å². The van der Waals surface area contributed by atoms with Crippen molar-refractivity contribution >= 4 is 19.7 Å². The molecule has 0 aromatic carbocycles. The summed E-state index contributed by atoms with van der Waals surface area (Å²) in [6.45, 7) is -7.49. The lowest BCUT2D eigenvalue weighted by Crippen LogP contribution is -2.71. The van der Waals surface area contributed by atoms with Crippen LogP contribution in [0.15, 0.2) is 0 Å². The zero-order valence-corrected chi connectivity index (χ0v) is 45.6. The summed E-state index contributed by atoms with van der Waals surface area (Å²) in [6.07, 6.45) is -69.3. The summed E-state index contributed by atoms with van der Waals surface area (Å²) in [5, 5.41) is 229. The number of phosphoric ester groups is 1. The van der Waals surface area contributed by atoms with Crippen LogP contribution in [0, 0.1) is 0 Å². The quantitative estimate of drug-likeness (QED) is 0.0358. The lowest BCUT2D eigenvalue weighted by atomic mass is 9.91. The number of carboxylic acids is 1. The Balaban J connectivity index is 1.48. The van der Waals surface area contributed by atoms with Gasteiger partial charge in [-0.1, -0.05) is 0 Å². The highest BCUT2D eigenvalue weighted by atomic mass is 31.2. The van der Waals surface area contributed by atoms with Crippen LogP contribution in [0.1, 0.15) is 13.3 Å². The van der Waals surface area contributed by atoms with Crippen LogP contribution in [0.3, 0.4) is 0 Å². The highest BCUT2D eigenvalue weighted by Crippen LogP contribution is 2.49. The smallest absolute Gasteiger partial charge is 0.472 e. The van der Waals surface area contributed by atoms with Crippen LogP contribution in [-0.4, -0.2) is 373 Å². The monoisotopic (exact) mass is 1270 g/mol. The molecule has 0 bridgehead atoms. The second-order valence-corrected chi connectivity index (χ2v) is 22.0.